The zero-order chi connectivity index (χ0) is 13.0. The Morgan fingerprint density at radius 2 is 2.16 bits per heavy atom. The van der Waals surface area contributed by atoms with Crippen LogP contribution in [0.25, 0.3) is 0 Å². The van der Waals surface area contributed by atoms with Crippen molar-refractivity contribution in [3.8, 4) is 0 Å². The highest BCUT2D eigenvalue weighted by atomic mass is 127. The molecule has 110 valence electrons. The first-order chi connectivity index (χ1) is 8.69. The lowest BCUT2D eigenvalue weighted by atomic mass is 10.3. The molecule has 0 amide bonds. The average Bonchev–Trinajstić information content (AvgIpc) is 3.08. The first kappa shape index (κ1) is 17.2. The molecule has 1 heterocycles. The maximum Gasteiger partial charge on any atom is 0.191 e. The van der Waals surface area contributed by atoms with Gasteiger partial charge >= 0.3 is 0 Å². The highest BCUT2D eigenvalue weighted by Crippen LogP contribution is 2.29. The van der Waals surface area contributed by atoms with E-state index in [9.17, 15) is 0 Å². The van der Waals surface area contributed by atoms with Crippen LogP contribution in [-0.4, -0.2) is 49.1 Å². The summed E-state index contributed by atoms with van der Waals surface area (Å²) in [6, 6.07) is 1.41. The molecule has 0 bridgehead atoms. The van der Waals surface area contributed by atoms with Crippen molar-refractivity contribution in [2.45, 2.75) is 38.3 Å². The number of aliphatic imine (C=N–C) groups is 1. The molecule has 2 N–H and O–H groups in total. The molecule has 0 aromatic heterocycles. The van der Waals surface area contributed by atoms with Crippen LogP contribution in [0.5, 0.6) is 0 Å². The molecule has 1 atom stereocenters. The Hall–Kier alpha value is 0.180. The topological polar surface area (TPSA) is 39.7 Å². The van der Waals surface area contributed by atoms with Crippen LogP contribution in [-0.2, 0) is 0 Å². The van der Waals surface area contributed by atoms with Crippen LogP contribution < -0.4 is 10.6 Å². The maximum atomic E-state index is 4.49. The quantitative estimate of drug-likeness (QED) is 0.390. The van der Waals surface area contributed by atoms with Gasteiger partial charge in [0.1, 0.15) is 0 Å². The fourth-order valence-electron chi connectivity index (χ4n) is 2.35. The van der Waals surface area contributed by atoms with Crippen LogP contribution in [0.3, 0.4) is 0 Å². The van der Waals surface area contributed by atoms with E-state index < -0.39 is 0 Å². The van der Waals surface area contributed by atoms with Crippen LogP contribution in [0.4, 0.5) is 0 Å². The minimum Gasteiger partial charge on any atom is -0.357 e. The Morgan fingerprint density at radius 1 is 1.42 bits per heavy atom. The van der Waals surface area contributed by atoms with Crippen LogP contribution in [0.15, 0.2) is 16.1 Å². The molecule has 0 radical (unpaired) electrons. The number of hydrogen-bond acceptors (Lipinski definition) is 2. The Bertz CT molecular complexity index is 331. The Morgan fingerprint density at radius 3 is 2.74 bits per heavy atom. The second-order valence-corrected chi connectivity index (χ2v) is 6.19. The van der Waals surface area contributed by atoms with Gasteiger partial charge in [0.2, 0.25) is 0 Å². The number of nitrogens with zero attached hydrogens (tertiary/aromatic N) is 2. The van der Waals surface area contributed by atoms with Crippen molar-refractivity contribution in [2.75, 3.05) is 26.2 Å². The van der Waals surface area contributed by atoms with Gasteiger partial charge in [-0.3, -0.25) is 4.90 Å². The summed E-state index contributed by atoms with van der Waals surface area (Å²) in [5, 5.41) is 6.80. The number of rotatable bonds is 5. The minimum absolute atomic E-state index is 0. The predicted octanol–water partition coefficient (Wildman–Crippen LogP) is 2.30. The Balaban J connectivity index is 0.00000180. The molecular formula is C13H24BrIN4. The molecule has 1 aliphatic carbocycles. The third-order valence-corrected chi connectivity index (χ3v) is 3.63. The standard InChI is InChI=1S/C13H23BrN4.HI/c1-3-15-13(16-8-10(2)14)17-11-6-7-18(9-11)12-4-5-12;/h11-12H,2-9H2,1H3,(H2,15,16,17);1H. The summed E-state index contributed by atoms with van der Waals surface area (Å²) in [7, 11) is 0. The summed E-state index contributed by atoms with van der Waals surface area (Å²) in [6.07, 6.45) is 4.00. The lowest BCUT2D eigenvalue weighted by molar-refractivity contribution is 0.321. The summed E-state index contributed by atoms with van der Waals surface area (Å²) in [5.74, 6) is 0.903. The molecule has 1 saturated carbocycles. The smallest absolute Gasteiger partial charge is 0.191 e. The molecule has 0 spiro atoms. The first-order valence-corrected chi connectivity index (χ1v) is 7.60. The largest absolute Gasteiger partial charge is 0.357 e. The number of nitrogens with one attached hydrogen (secondary N) is 2. The number of hydrogen-bond donors (Lipinski definition) is 2. The van der Waals surface area contributed by atoms with Crippen molar-refractivity contribution in [3.63, 3.8) is 0 Å². The lowest BCUT2D eigenvalue weighted by Crippen LogP contribution is -2.44. The van der Waals surface area contributed by atoms with Gasteiger partial charge in [-0.2, -0.15) is 0 Å². The van der Waals surface area contributed by atoms with E-state index in [0.29, 0.717) is 12.6 Å². The van der Waals surface area contributed by atoms with Gasteiger partial charge in [-0.05, 0) is 26.2 Å². The predicted molar refractivity (Wildman–Crippen MR) is 95.6 cm³/mol. The van der Waals surface area contributed by atoms with Gasteiger partial charge in [0.25, 0.3) is 0 Å². The summed E-state index contributed by atoms with van der Waals surface area (Å²) in [6.45, 7) is 9.79. The average molecular weight is 443 g/mol. The minimum atomic E-state index is 0. The van der Waals surface area contributed by atoms with Crippen molar-refractivity contribution in [1.82, 2.24) is 15.5 Å². The number of likely N-dealkylation sites (tertiary alicyclic amines) is 1. The van der Waals surface area contributed by atoms with E-state index in [1.54, 1.807) is 0 Å². The summed E-state index contributed by atoms with van der Waals surface area (Å²) in [4.78, 5) is 7.09. The second kappa shape index (κ2) is 8.46. The molecule has 0 aromatic rings. The van der Waals surface area contributed by atoms with Crippen molar-refractivity contribution in [2.24, 2.45) is 4.99 Å². The van der Waals surface area contributed by atoms with Gasteiger partial charge in [-0.15, -0.1) is 24.0 Å². The molecule has 0 aromatic carbocycles. The van der Waals surface area contributed by atoms with Gasteiger partial charge in [0, 0.05) is 36.2 Å². The van der Waals surface area contributed by atoms with Crippen LogP contribution >= 0.6 is 39.9 Å². The van der Waals surface area contributed by atoms with Gasteiger partial charge in [-0.1, -0.05) is 22.5 Å². The molecule has 6 heteroatoms. The molecule has 2 aliphatic rings. The van der Waals surface area contributed by atoms with Crippen molar-refractivity contribution in [3.05, 3.63) is 11.1 Å². The van der Waals surface area contributed by atoms with E-state index in [4.69, 9.17) is 0 Å². The monoisotopic (exact) mass is 442 g/mol. The van der Waals surface area contributed by atoms with E-state index in [1.165, 1.54) is 25.8 Å². The molecule has 2 fully saturated rings. The van der Waals surface area contributed by atoms with Gasteiger partial charge < -0.3 is 10.6 Å². The van der Waals surface area contributed by atoms with E-state index in [0.717, 1.165) is 29.6 Å². The summed E-state index contributed by atoms with van der Waals surface area (Å²) < 4.78 is 0.908. The third-order valence-electron chi connectivity index (χ3n) is 3.38. The maximum absolute atomic E-state index is 4.49. The third kappa shape index (κ3) is 5.99. The van der Waals surface area contributed by atoms with Crippen molar-refractivity contribution >= 4 is 45.9 Å². The fourth-order valence-corrected chi connectivity index (χ4v) is 2.48. The molecule has 4 nitrogen and oxygen atoms in total. The van der Waals surface area contributed by atoms with E-state index in [-0.39, 0.29) is 24.0 Å². The summed E-state index contributed by atoms with van der Waals surface area (Å²) >= 11 is 3.34. The van der Waals surface area contributed by atoms with Crippen LogP contribution in [0, 0.1) is 0 Å². The SMILES string of the molecule is C=C(Br)CN=C(NCC)NC1CCN(C2CC2)C1.I. The molecule has 19 heavy (non-hydrogen) atoms. The molecule has 1 saturated heterocycles. The van der Waals surface area contributed by atoms with Crippen LogP contribution in [0.1, 0.15) is 26.2 Å². The zero-order valence-corrected chi connectivity index (χ0v) is 15.4. The zero-order valence-electron chi connectivity index (χ0n) is 11.5. The first-order valence-electron chi connectivity index (χ1n) is 6.81. The molecule has 1 unspecified atom stereocenters. The Kier molecular flexibility index (Phi) is 7.68. The lowest BCUT2D eigenvalue weighted by Gasteiger charge is -2.18. The van der Waals surface area contributed by atoms with Crippen molar-refractivity contribution in [1.29, 1.82) is 0 Å². The summed E-state index contributed by atoms with van der Waals surface area (Å²) in [5.41, 5.74) is 0. The van der Waals surface area contributed by atoms with E-state index in [1.807, 2.05) is 0 Å². The van der Waals surface area contributed by atoms with Gasteiger partial charge in [0.05, 0.1) is 6.54 Å². The number of guanidine groups is 1. The molecule has 1 aliphatic heterocycles. The second-order valence-electron chi connectivity index (χ2n) is 5.07. The molecular weight excluding hydrogens is 419 g/mol. The molecule has 2 rings (SSSR count). The Labute approximate surface area is 141 Å². The normalized spacial score (nSPS) is 23.9. The number of halogens is 2. The van der Waals surface area contributed by atoms with Crippen molar-refractivity contribution < 1.29 is 0 Å². The van der Waals surface area contributed by atoms with E-state index >= 15 is 0 Å². The van der Waals surface area contributed by atoms with Gasteiger partial charge in [-0.25, -0.2) is 4.99 Å². The van der Waals surface area contributed by atoms with E-state index in [2.05, 4.69) is 50.0 Å². The van der Waals surface area contributed by atoms with Gasteiger partial charge in [0.15, 0.2) is 5.96 Å². The highest BCUT2D eigenvalue weighted by molar-refractivity contribution is 14.0. The highest BCUT2D eigenvalue weighted by Gasteiger charge is 2.34. The fraction of sp³-hybridized carbons (Fsp3) is 0.769. The van der Waals surface area contributed by atoms with Crippen LogP contribution in [0.2, 0.25) is 0 Å².